The molecule has 0 spiro atoms. The van der Waals surface area contributed by atoms with Crippen LogP contribution in [0.4, 0.5) is 0 Å². The van der Waals surface area contributed by atoms with E-state index in [0.29, 0.717) is 5.69 Å². The van der Waals surface area contributed by atoms with E-state index in [-0.39, 0.29) is 16.8 Å². The highest BCUT2D eigenvalue weighted by Gasteiger charge is 2.35. The topological polar surface area (TPSA) is 76.8 Å². The molecule has 0 amide bonds. The average Bonchev–Trinajstić information content (AvgIpc) is 2.77. The van der Waals surface area contributed by atoms with Crippen LogP contribution < -0.4 is 4.74 Å². The molecule has 1 aliphatic heterocycles. The number of rotatable bonds is 1. The summed E-state index contributed by atoms with van der Waals surface area (Å²) in [6.45, 7) is 1.62. The molecule has 2 heterocycles. The summed E-state index contributed by atoms with van der Waals surface area (Å²) in [4.78, 5) is 1.51. The van der Waals surface area contributed by atoms with Gasteiger partial charge in [-0.2, -0.15) is 18.2 Å². The van der Waals surface area contributed by atoms with Crippen molar-refractivity contribution >= 4 is 16.0 Å². The predicted molar refractivity (Wildman–Crippen MR) is 77.2 cm³/mol. The molecule has 7 nitrogen and oxygen atoms in total. The van der Waals surface area contributed by atoms with Crippen LogP contribution in [0.2, 0.25) is 0 Å². The van der Waals surface area contributed by atoms with Crippen molar-refractivity contribution in [3.8, 4) is 11.6 Å². The van der Waals surface area contributed by atoms with Crippen LogP contribution in [-0.4, -0.2) is 43.2 Å². The molecule has 0 aliphatic carbocycles. The Morgan fingerprint density at radius 2 is 1.86 bits per heavy atom. The summed E-state index contributed by atoms with van der Waals surface area (Å²) in [5.41, 5.74) is 1.08. The first-order valence-corrected chi connectivity index (χ1v) is 7.69. The number of sulfonamides is 1. The number of amidine groups is 1. The maximum atomic E-state index is 12.3. The van der Waals surface area contributed by atoms with E-state index < -0.39 is 10.0 Å². The largest absolute Gasteiger partial charge is 0.405 e. The minimum absolute atomic E-state index is 0.0111. The SMILES string of the molecule is Cc1nn(-c2ccccc2)c2c1S(=O)(=O)N=C(N(C)C)O2. The average molecular weight is 306 g/mol. The Labute approximate surface area is 122 Å². The highest BCUT2D eigenvalue weighted by Crippen LogP contribution is 2.34. The number of nitrogens with zero attached hydrogens (tertiary/aromatic N) is 4. The van der Waals surface area contributed by atoms with E-state index in [1.165, 1.54) is 9.58 Å². The second-order valence-electron chi connectivity index (χ2n) is 4.81. The minimum atomic E-state index is -3.82. The molecule has 0 radical (unpaired) electrons. The Hall–Kier alpha value is -2.35. The van der Waals surface area contributed by atoms with Gasteiger partial charge >= 0.3 is 6.02 Å². The molecule has 0 unspecified atom stereocenters. The number of ether oxygens (including phenoxy) is 1. The lowest BCUT2D eigenvalue weighted by atomic mass is 10.3. The van der Waals surface area contributed by atoms with Gasteiger partial charge in [0.25, 0.3) is 10.0 Å². The number of aromatic nitrogens is 2. The van der Waals surface area contributed by atoms with Crippen molar-refractivity contribution in [1.82, 2.24) is 14.7 Å². The fourth-order valence-electron chi connectivity index (χ4n) is 2.05. The van der Waals surface area contributed by atoms with Crippen LogP contribution in [0.25, 0.3) is 5.69 Å². The van der Waals surface area contributed by atoms with Crippen molar-refractivity contribution in [3.63, 3.8) is 0 Å². The summed E-state index contributed by atoms with van der Waals surface area (Å²) in [6.07, 6.45) is 0. The molecule has 0 saturated carbocycles. The van der Waals surface area contributed by atoms with E-state index in [1.54, 1.807) is 21.0 Å². The number of fused-ring (bicyclic) bond motifs is 1. The third-order valence-corrected chi connectivity index (χ3v) is 4.38. The fraction of sp³-hybridized carbons (Fsp3) is 0.231. The number of benzene rings is 1. The molecule has 1 aliphatic rings. The van der Waals surface area contributed by atoms with E-state index in [0.717, 1.165) is 5.69 Å². The van der Waals surface area contributed by atoms with E-state index in [2.05, 4.69) is 9.50 Å². The molecule has 1 aromatic carbocycles. The number of aryl methyl sites for hydroxylation is 1. The Kier molecular flexibility index (Phi) is 2.98. The van der Waals surface area contributed by atoms with Crippen LogP contribution in [0.15, 0.2) is 39.6 Å². The van der Waals surface area contributed by atoms with Gasteiger partial charge in [0.1, 0.15) is 0 Å². The second-order valence-corrected chi connectivity index (χ2v) is 6.35. The van der Waals surface area contributed by atoms with E-state index in [9.17, 15) is 8.42 Å². The van der Waals surface area contributed by atoms with Gasteiger partial charge in [-0.15, -0.1) is 4.40 Å². The molecule has 8 heteroatoms. The van der Waals surface area contributed by atoms with Crippen LogP contribution in [0.1, 0.15) is 5.69 Å². The zero-order chi connectivity index (χ0) is 15.2. The normalized spacial score (nSPS) is 15.9. The van der Waals surface area contributed by atoms with E-state index in [4.69, 9.17) is 4.74 Å². The molecule has 3 rings (SSSR count). The maximum Gasteiger partial charge on any atom is 0.309 e. The molecule has 0 fully saturated rings. The Balaban J connectivity index is 2.24. The van der Waals surface area contributed by atoms with Gasteiger partial charge in [0.2, 0.25) is 5.88 Å². The van der Waals surface area contributed by atoms with Crippen molar-refractivity contribution < 1.29 is 13.2 Å². The zero-order valence-electron chi connectivity index (χ0n) is 11.8. The van der Waals surface area contributed by atoms with E-state index in [1.807, 2.05) is 30.3 Å². The van der Waals surface area contributed by atoms with Gasteiger partial charge in [0.15, 0.2) is 4.90 Å². The molecule has 1 aromatic heterocycles. The molecule has 21 heavy (non-hydrogen) atoms. The van der Waals surface area contributed by atoms with Crippen molar-refractivity contribution in [3.05, 3.63) is 36.0 Å². The Morgan fingerprint density at radius 1 is 1.19 bits per heavy atom. The Morgan fingerprint density at radius 3 is 2.48 bits per heavy atom. The van der Waals surface area contributed by atoms with Gasteiger partial charge in [-0.25, -0.2) is 0 Å². The maximum absolute atomic E-state index is 12.3. The Bertz CT molecular complexity index is 823. The zero-order valence-corrected chi connectivity index (χ0v) is 12.6. The van der Waals surface area contributed by atoms with E-state index >= 15 is 0 Å². The number of hydrogen-bond donors (Lipinski definition) is 0. The number of hydrogen-bond acceptors (Lipinski definition) is 5. The third kappa shape index (κ3) is 2.17. The van der Waals surface area contributed by atoms with Crippen molar-refractivity contribution in [2.75, 3.05) is 14.1 Å². The molecule has 0 atom stereocenters. The monoisotopic (exact) mass is 306 g/mol. The molecule has 0 saturated heterocycles. The lowest BCUT2D eigenvalue weighted by Crippen LogP contribution is -2.32. The first-order valence-electron chi connectivity index (χ1n) is 6.25. The smallest absolute Gasteiger partial charge is 0.309 e. The summed E-state index contributed by atoms with van der Waals surface area (Å²) >= 11 is 0. The van der Waals surface area contributed by atoms with Gasteiger partial charge in [-0.05, 0) is 19.1 Å². The van der Waals surface area contributed by atoms with Crippen LogP contribution in [0.5, 0.6) is 5.88 Å². The van der Waals surface area contributed by atoms with Gasteiger partial charge in [-0.3, -0.25) is 0 Å². The molecule has 0 bridgehead atoms. The molecular formula is C13H14N4O3S. The standard InChI is InChI=1S/C13H14N4O3S/c1-9-11-12(17(14-9)10-7-5-4-6-8-10)20-13(16(2)3)15-21(11,18)19/h4-8H,1-3H3. The quantitative estimate of drug-likeness (QED) is 0.790. The van der Waals surface area contributed by atoms with Gasteiger partial charge in [-0.1, -0.05) is 18.2 Å². The first kappa shape index (κ1) is 13.6. The first-order chi connectivity index (χ1) is 9.90. The van der Waals surface area contributed by atoms with Gasteiger partial charge in [0, 0.05) is 14.1 Å². The highest BCUT2D eigenvalue weighted by atomic mass is 32.2. The van der Waals surface area contributed by atoms with Crippen LogP contribution in [-0.2, 0) is 10.0 Å². The minimum Gasteiger partial charge on any atom is -0.405 e. The molecular weight excluding hydrogens is 292 g/mol. The van der Waals surface area contributed by atoms with Crippen LogP contribution >= 0.6 is 0 Å². The highest BCUT2D eigenvalue weighted by molar-refractivity contribution is 7.90. The summed E-state index contributed by atoms with van der Waals surface area (Å²) < 4.78 is 35.4. The fourth-order valence-corrected chi connectivity index (χ4v) is 3.31. The van der Waals surface area contributed by atoms with Gasteiger partial charge < -0.3 is 9.64 Å². The van der Waals surface area contributed by atoms with Gasteiger partial charge in [0.05, 0.1) is 11.4 Å². The summed E-state index contributed by atoms with van der Waals surface area (Å²) in [7, 11) is -0.492. The summed E-state index contributed by atoms with van der Waals surface area (Å²) in [5.74, 6) is 0.164. The van der Waals surface area contributed by atoms with Crippen LogP contribution in [0, 0.1) is 6.92 Å². The van der Waals surface area contributed by atoms with Crippen molar-refractivity contribution in [2.45, 2.75) is 11.8 Å². The van der Waals surface area contributed by atoms with Crippen LogP contribution in [0.3, 0.4) is 0 Å². The molecule has 2 aromatic rings. The molecule has 110 valence electrons. The lowest BCUT2D eigenvalue weighted by Gasteiger charge is -2.20. The lowest BCUT2D eigenvalue weighted by molar-refractivity contribution is 0.397. The summed E-state index contributed by atoms with van der Waals surface area (Å²) in [6, 6.07) is 9.22. The van der Waals surface area contributed by atoms with Crippen molar-refractivity contribution in [2.24, 2.45) is 4.40 Å². The van der Waals surface area contributed by atoms with Crippen molar-refractivity contribution in [1.29, 1.82) is 0 Å². The molecule has 0 N–H and O–H groups in total. The third-order valence-electron chi connectivity index (χ3n) is 2.99. The number of para-hydroxylation sites is 1. The predicted octanol–water partition coefficient (Wildman–Crippen LogP) is 1.18. The summed E-state index contributed by atoms with van der Waals surface area (Å²) in [5, 5.41) is 4.27. The second kappa shape index (κ2) is 4.59.